The van der Waals surface area contributed by atoms with E-state index in [0.717, 1.165) is 0 Å². The largest absolute Gasteiger partial charge is 0.480 e. The van der Waals surface area contributed by atoms with E-state index in [2.05, 4.69) is 31.2 Å². The number of carbonyl (C=O) groups excluding carboxylic acids is 1. The normalized spacial score (nSPS) is 21.4. The van der Waals surface area contributed by atoms with Gasteiger partial charge in [-0.2, -0.15) is 0 Å². The van der Waals surface area contributed by atoms with Crippen LogP contribution < -0.4 is 5.32 Å². The highest BCUT2D eigenvalue weighted by atomic mass is 79.9. The molecule has 2 atom stereocenters. The summed E-state index contributed by atoms with van der Waals surface area (Å²) < 4.78 is 25.0. The average molecular weight is 539 g/mol. The van der Waals surface area contributed by atoms with Crippen LogP contribution in [0.4, 0.5) is 4.39 Å². The first kappa shape index (κ1) is 23.5. The third-order valence-corrected chi connectivity index (χ3v) is 6.73. The fourth-order valence-electron chi connectivity index (χ4n) is 3.70. The van der Waals surface area contributed by atoms with Crippen LogP contribution in [0.2, 0.25) is 0 Å². The number of benzene rings is 1. The third-order valence-electron chi connectivity index (χ3n) is 5.31. The van der Waals surface area contributed by atoms with E-state index in [4.69, 9.17) is 9.47 Å². The van der Waals surface area contributed by atoms with E-state index >= 15 is 0 Å². The fraction of sp³-hybridized carbons (Fsp3) is 0.333. The van der Waals surface area contributed by atoms with E-state index in [-0.39, 0.29) is 23.2 Å². The van der Waals surface area contributed by atoms with Gasteiger partial charge < -0.3 is 19.9 Å². The number of hydrogen-bond acceptors (Lipinski definition) is 9. The summed E-state index contributed by atoms with van der Waals surface area (Å²) in [6, 6.07) is 2.76. The van der Waals surface area contributed by atoms with Crippen molar-refractivity contribution in [1.29, 1.82) is 0 Å². The number of aliphatic imine (C=N–C) groups is 1. The molecule has 33 heavy (non-hydrogen) atoms. The number of ether oxygens (including phenoxy) is 2. The highest BCUT2D eigenvalue weighted by Gasteiger charge is 2.36. The van der Waals surface area contributed by atoms with Crippen LogP contribution >= 0.6 is 27.3 Å². The smallest absolute Gasteiger partial charge is 0.338 e. The molecule has 1 aromatic carbocycles. The summed E-state index contributed by atoms with van der Waals surface area (Å²) >= 11 is 4.49. The van der Waals surface area contributed by atoms with Gasteiger partial charge in [-0.15, -0.1) is 11.3 Å². The van der Waals surface area contributed by atoms with Crippen molar-refractivity contribution in [1.82, 2.24) is 15.2 Å². The summed E-state index contributed by atoms with van der Waals surface area (Å²) in [4.78, 5) is 35.3. The van der Waals surface area contributed by atoms with Crippen LogP contribution in [-0.2, 0) is 19.1 Å². The summed E-state index contributed by atoms with van der Waals surface area (Å²) in [5, 5.41) is 15.1. The van der Waals surface area contributed by atoms with Gasteiger partial charge in [-0.05, 0) is 33.6 Å². The number of hydrogen-bond donors (Lipinski definition) is 2. The summed E-state index contributed by atoms with van der Waals surface area (Å²) in [5.74, 6) is -1.76. The molecule has 0 radical (unpaired) electrons. The van der Waals surface area contributed by atoms with Gasteiger partial charge in [0, 0.05) is 30.4 Å². The Morgan fingerprint density at radius 1 is 1.45 bits per heavy atom. The van der Waals surface area contributed by atoms with E-state index in [1.54, 1.807) is 28.6 Å². The molecule has 2 aliphatic heterocycles. The topological polar surface area (TPSA) is 113 Å². The lowest BCUT2D eigenvalue weighted by Crippen LogP contribution is -2.52. The Hall–Kier alpha value is -2.67. The van der Waals surface area contributed by atoms with Crippen molar-refractivity contribution >= 4 is 45.0 Å². The van der Waals surface area contributed by atoms with Crippen LogP contribution in [-0.4, -0.2) is 72.2 Å². The minimum Gasteiger partial charge on any atom is -0.480 e. The number of carboxylic acid groups (broad SMARTS) is 1. The second-order valence-electron chi connectivity index (χ2n) is 7.30. The highest BCUT2D eigenvalue weighted by molar-refractivity contribution is 9.10. The van der Waals surface area contributed by atoms with Gasteiger partial charge in [-0.25, -0.2) is 14.2 Å². The van der Waals surface area contributed by atoms with Crippen LogP contribution in [0, 0.1) is 5.82 Å². The molecular weight excluding hydrogens is 519 g/mol. The number of thiazole rings is 1. The van der Waals surface area contributed by atoms with Gasteiger partial charge in [-0.3, -0.25) is 14.7 Å². The number of carbonyl (C=O) groups is 2. The maximum Gasteiger partial charge on any atom is 0.338 e. The quantitative estimate of drug-likeness (QED) is 0.539. The second kappa shape index (κ2) is 10.1. The molecule has 2 aromatic rings. The maximum absolute atomic E-state index is 14.4. The minimum absolute atomic E-state index is 0.0327. The number of esters is 1. The van der Waals surface area contributed by atoms with E-state index < -0.39 is 29.8 Å². The number of morpholine rings is 1. The number of nitrogens with one attached hydrogen (secondary N) is 1. The summed E-state index contributed by atoms with van der Waals surface area (Å²) in [5.41, 5.74) is 1.04. The molecular formula is C21H20BrFN4O5S. The molecule has 0 bridgehead atoms. The SMILES string of the molecule is COC(=O)C1=C(CN2CCOC[C@H]2C(=O)O)NC(c2nccs2)=N[C@H]1c1ccc(Br)c(F)c1. The lowest BCUT2D eigenvalue weighted by atomic mass is 9.95. The number of methoxy groups -OCH3 is 1. The first-order chi connectivity index (χ1) is 15.9. The molecule has 3 heterocycles. The first-order valence-corrected chi connectivity index (χ1v) is 11.6. The molecule has 12 heteroatoms. The standard InChI is InChI=1S/C21H20BrFN4O5S/c1-31-21(30)16-14(9-27-5-6-32-10-15(27)20(28)29)25-18(19-24-4-7-33-19)26-17(16)11-2-3-12(22)13(23)8-11/h2-4,7-8,15,17H,5-6,9-10H2,1H3,(H,25,26)(H,28,29)/t15-,17-/m0/s1. The van der Waals surface area contributed by atoms with Gasteiger partial charge in [0.15, 0.2) is 10.8 Å². The van der Waals surface area contributed by atoms with Gasteiger partial charge >= 0.3 is 11.9 Å². The zero-order valence-corrected chi connectivity index (χ0v) is 19.9. The number of halogens is 2. The minimum atomic E-state index is -1.02. The van der Waals surface area contributed by atoms with Crippen LogP contribution in [0.1, 0.15) is 16.6 Å². The van der Waals surface area contributed by atoms with Crippen LogP contribution in [0.15, 0.2) is 50.5 Å². The number of carboxylic acids is 1. The molecule has 4 rings (SSSR count). The highest BCUT2D eigenvalue weighted by Crippen LogP contribution is 2.34. The van der Waals surface area contributed by atoms with Crippen molar-refractivity contribution in [2.45, 2.75) is 12.1 Å². The number of nitrogens with zero attached hydrogens (tertiary/aromatic N) is 3. The lowest BCUT2D eigenvalue weighted by molar-refractivity contribution is -0.149. The van der Waals surface area contributed by atoms with Crippen molar-refractivity contribution in [3.8, 4) is 0 Å². The van der Waals surface area contributed by atoms with Crippen molar-refractivity contribution in [3.05, 3.63) is 61.9 Å². The Balaban J connectivity index is 1.81. The Kier molecular flexibility index (Phi) is 7.17. The van der Waals surface area contributed by atoms with Crippen molar-refractivity contribution in [3.63, 3.8) is 0 Å². The summed E-state index contributed by atoms with van der Waals surface area (Å²) in [6.07, 6.45) is 1.63. The molecule has 2 aliphatic rings. The average Bonchev–Trinajstić information content (AvgIpc) is 3.35. The molecule has 0 aliphatic carbocycles. The van der Waals surface area contributed by atoms with Crippen molar-refractivity contribution in [2.24, 2.45) is 4.99 Å². The van der Waals surface area contributed by atoms with E-state index in [1.165, 1.54) is 24.5 Å². The molecule has 1 fully saturated rings. The van der Waals surface area contributed by atoms with Crippen LogP contribution in [0.25, 0.3) is 0 Å². The Morgan fingerprint density at radius 3 is 2.94 bits per heavy atom. The van der Waals surface area contributed by atoms with Gasteiger partial charge in [0.05, 0.1) is 30.4 Å². The fourth-order valence-corrected chi connectivity index (χ4v) is 4.54. The van der Waals surface area contributed by atoms with Crippen LogP contribution in [0.5, 0.6) is 0 Å². The van der Waals surface area contributed by atoms with Gasteiger partial charge in [0.25, 0.3) is 0 Å². The predicted octanol–water partition coefficient (Wildman–Crippen LogP) is 2.35. The zero-order valence-electron chi connectivity index (χ0n) is 17.5. The van der Waals surface area contributed by atoms with Gasteiger partial charge in [-0.1, -0.05) is 6.07 Å². The number of aliphatic carboxylic acids is 1. The monoisotopic (exact) mass is 538 g/mol. The molecule has 0 spiro atoms. The maximum atomic E-state index is 14.4. The second-order valence-corrected chi connectivity index (χ2v) is 9.05. The molecule has 2 N–H and O–H groups in total. The molecule has 9 nitrogen and oxygen atoms in total. The Labute approximate surface area is 201 Å². The Bertz CT molecular complexity index is 1120. The molecule has 0 saturated carbocycles. The molecule has 1 aromatic heterocycles. The number of rotatable bonds is 6. The zero-order chi connectivity index (χ0) is 23.5. The van der Waals surface area contributed by atoms with Crippen molar-refractivity contribution < 1.29 is 28.6 Å². The molecule has 0 unspecified atom stereocenters. The number of amidine groups is 1. The predicted molar refractivity (Wildman–Crippen MR) is 121 cm³/mol. The number of aromatic nitrogens is 1. The van der Waals surface area contributed by atoms with Crippen molar-refractivity contribution in [2.75, 3.05) is 33.4 Å². The van der Waals surface area contributed by atoms with Crippen LogP contribution in [0.3, 0.4) is 0 Å². The molecule has 0 amide bonds. The van der Waals surface area contributed by atoms with Gasteiger partial charge in [0.1, 0.15) is 17.9 Å². The Morgan fingerprint density at radius 2 is 2.27 bits per heavy atom. The third kappa shape index (κ3) is 4.98. The van der Waals surface area contributed by atoms with Gasteiger partial charge in [0.2, 0.25) is 0 Å². The van der Waals surface area contributed by atoms with E-state index in [1.807, 2.05) is 0 Å². The van der Waals surface area contributed by atoms with E-state index in [0.29, 0.717) is 35.3 Å². The summed E-state index contributed by atoms with van der Waals surface area (Å²) in [7, 11) is 1.25. The molecule has 1 saturated heterocycles. The van der Waals surface area contributed by atoms with E-state index in [9.17, 15) is 19.1 Å². The lowest BCUT2D eigenvalue weighted by Gasteiger charge is -2.35. The molecule has 174 valence electrons. The first-order valence-electron chi connectivity index (χ1n) is 9.94. The summed E-state index contributed by atoms with van der Waals surface area (Å²) in [6.45, 7) is 0.854.